The largest absolute Gasteiger partial charge is 0.480 e. The van der Waals surface area contributed by atoms with Crippen LogP contribution in [0.15, 0.2) is 0 Å². The molecule has 1 aliphatic rings. The Morgan fingerprint density at radius 2 is 1.88 bits per heavy atom. The molecule has 0 spiro atoms. The third-order valence-electron chi connectivity index (χ3n) is 3.27. The average Bonchev–Trinajstić information content (AvgIpc) is 2.20. The number of carbonyl (C=O) groups is 1. The van der Waals surface area contributed by atoms with Gasteiger partial charge in [0.15, 0.2) is 5.60 Å². The van der Waals surface area contributed by atoms with E-state index in [0.717, 1.165) is 0 Å². The molecule has 7 heteroatoms. The van der Waals surface area contributed by atoms with E-state index in [-0.39, 0.29) is 13.1 Å². The molecular weight excluding hydrogens is 239 g/mol. The van der Waals surface area contributed by atoms with Crippen molar-refractivity contribution >= 4 is 5.97 Å². The average molecular weight is 255 g/mol. The Balaban J connectivity index is 2.65. The highest BCUT2D eigenvalue weighted by Gasteiger charge is 2.55. The number of aliphatic carboxylic acids is 1. The minimum Gasteiger partial charge on any atom is -0.480 e. The highest BCUT2D eigenvalue weighted by atomic mass is 19.4. The van der Waals surface area contributed by atoms with Gasteiger partial charge in [0, 0.05) is 13.1 Å². The summed E-state index contributed by atoms with van der Waals surface area (Å²) in [6.45, 7) is 1.56. The first-order valence-corrected chi connectivity index (χ1v) is 5.47. The monoisotopic (exact) mass is 255 g/mol. The maximum atomic E-state index is 12.5. The second kappa shape index (κ2) is 4.81. The van der Waals surface area contributed by atoms with Gasteiger partial charge in [-0.2, -0.15) is 13.2 Å². The van der Waals surface area contributed by atoms with Crippen molar-refractivity contribution in [2.24, 2.45) is 0 Å². The number of piperidine rings is 1. The van der Waals surface area contributed by atoms with Gasteiger partial charge in [-0.15, -0.1) is 0 Å². The van der Waals surface area contributed by atoms with Crippen molar-refractivity contribution in [3.63, 3.8) is 0 Å². The highest BCUT2D eigenvalue weighted by molar-refractivity contribution is 5.73. The molecule has 0 amide bonds. The van der Waals surface area contributed by atoms with Gasteiger partial charge >= 0.3 is 12.1 Å². The van der Waals surface area contributed by atoms with Gasteiger partial charge in [-0.1, -0.05) is 6.92 Å². The standard InChI is InChI=1S/C10H16F3NO3/c1-2-7(8(15)16)14-5-3-9(17,4-6-14)10(11,12)13/h7,17H,2-6H2,1H3,(H,15,16). The van der Waals surface area contributed by atoms with Crippen LogP contribution < -0.4 is 0 Å². The lowest BCUT2D eigenvalue weighted by Crippen LogP contribution is -2.56. The van der Waals surface area contributed by atoms with Crippen molar-refractivity contribution in [3.05, 3.63) is 0 Å². The fraction of sp³-hybridized carbons (Fsp3) is 0.900. The smallest absolute Gasteiger partial charge is 0.417 e. The van der Waals surface area contributed by atoms with Crippen LogP contribution in [0, 0.1) is 0 Å². The van der Waals surface area contributed by atoms with Crippen molar-refractivity contribution in [2.75, 3.05) is 13.1 Å². The molecule has 0 saturated carbocycles. The number of hydrogen-bond donors (Lipinski definition) is 2. The minimum absolute atomic E-state index is 0.0547. The summed E-state index contributed by atoms with van der Waals surface area (Å²) in [5, 5.41) is 18.3. The van der Waals surface area contributed by atoms with E-state index in [0.29, 0.717) is 6.42 Å². The molecule has 0 bridgehead atoms. The van der Waals surface area contributed by atoms with Crippen LogP contribution in [0.1, 0.15) is 26.2 Å². The summed E-state index contributed by atoms with van der Waals surface area (Å²) in [7, 11) is 0. The number of hydrogen-bond acceptors (Lipinski definition) is 3. The highest BCUT2D eigenvalue weighted by Crippen LogP contribution is 2.38. The molecule has 0 aromatic rings. The molecule has 1 aliphatic heterocycles. The van der Waals surface area contributed by atoms with E-state index in [1.807, 2.05) is 0 Å². The molecule has 1 heterocycles. The molecule has 2 N–H and O–H groups in total. The van der Waals surface area contributed by atoms with Crippen LogP contribution in [0.4, 0.5) is 13.2 Å². The first kappa shape index (κ1) is 14.2. The molecule has 1 unspecified atom stereocenters. The molecule has 17 heavy (non-hydrogen) atoms. The van der Waals surface area contributed by atoms with Gasteiger partial charge in [0.05, 0.1) is 0 Å². The van der Waals surface area contributed by atoms with Gasteiger partial charge < -0.3 is 10.2 Å². The number of nitrogens with zero attached hydrogens (tertiary/aromatic N) is 1. The summed E-state index contributed by atoms with van der Waals surface area (Å²) in [6.07, 6.45) is -5.26. The zero-order chi connectivity index (χ0) is 13.3. The molecule has 1 rings (SSSR count). The summed E-state index contributed by atoms with van der Waals surface area (Å²) in [4.78, 5) is 12.3. The van der Waals surface area contributed by atoms with Gasteiger partial charge in [0.2, 0.25) is 0 Å². The molecule has 0 aromatic carbocycles. The summed E-state index contributed by atoms with van der Waals surface area (Å²) in [5.41, 5.74) is -2.67. The topological polar surface area (TPSA) is 60.8 Å². The molecule has 0 radical (unpaired) electrons. The number of aliphatic hydroxyl groups is 1. The second-order valence-electron chi connectivity index (χ2n) is 4.33. The summed E-state index contributed by atoms with van der Waals surface area (Å²) >= 11 is 0. The van der Waals surface area contributed by atoms with Crippen LogP contribution in [0.5, 0.6) is 0 Å². The Labute approximate surface area is 97.0 Å². The van der Waals surface area contributed by atoms with Crippen molar-refractivity contribution in [2.45, 2.75) is 44.0 Å². The number of carboxylic acid groups (broad SMARTS) is 1. The Morgan fingerprint density at radius 1 is 1.41 bits per heavy atom. The minimum atomic E-state index is -4.65. The molecule has 1 atom stereocenters. The number of alkyl halides is 3. The predicted octanol–water partition coefficient (Wildman–Crippen LogP) is 1.24. The summed E-state index contributed by atoms with van der Waals surface area (Å²) in [6, 6.07) is -0.771. The zero-order valence-electron chi connectivity index (χ0n) is 9.50. The molecule has 4 nitrogen and oxygen atoms in total. The van der Waals surface area contributed by atoms with E-state index in [1.165, 1.54) is 4.90 Å². The van der Waals surface area contributed by atoms with Crippen molar-refractivity contribution in [3.8, 4) is 0 Å². The molecule has 0 aliphatic carbocycles. The maximum Gasteiger partial charge on any atom is 0.417 e. The molecule has 0 aromatic heterocycles. The Morgan fingerprint density at radius 3 is 2.18 bits per heavy atom. The van der Waals surface area contributed by atoms with Gasteiger partial charge in [-0.25, -0.2) is 0 Å². The summed E-state index contributed by atoms with van der Waals surface area (Å²) in [5.74, 6) is -1.04. The van der Waals surface area contributed by atoms with Crippen molar-refractivity contribution in [1.29, 1.82) is 0 Å². The molecule has 1 saturated heterocycles. The lowest BCUT2D eigenvalue weighted by Gasteiger charge is -2.40. The maximum absolute atomic E-state index is 12.5. The first-order valence-electron chi connectivity index (χ1n) is 5.47. The number of likely N-dealkylation sites (tertiary alicyclic amines) is 1. The van der Waals surface area contributed by atoms with E-state index in [9.17, 15) is 23.1 Å². The van der Waals surface area contributed by atoms with E-state index >= 15 is 0 Å². The van der Waals surface area contributed by atoms with Crippen molar-refractivity contribution < 1.29 is 28.2 Å². The summed E-state index contributed by atoms with van der Waals surface area (Å²) < 4.78 is 37.5. The van der Waals surface area contributed by atoms with Crippen molar-refractivity contribution in [1.82, 2.24) is 4.90 Å². The Kier molecular flexibility index (Phi) is 4.03. The van der Waals surface area contributed by atoms with Gasteiger partial charge in [0.25, 0.3) is 0 Å². The van der Waals surface area contributed by atoms with E-state index in [2.05, 4.69) is 0 Å². The number of rotatable bonds is 3. The third-order valence-corrected chi connectivity index (χ3v) is 3.27. The van der Waals surface area contributed by atoms with Gasteiger partial charge in [-0.05, 0) is 19.3 Å². The number of halogens is 3. The fourth-order valence-electron chi connectivity index (χ4n) is 2.08. The first-order chi connectivity index (χ1) is 7.71. The molecule has 100 valence electrons. The fourth-order valence-corrected chi connectivity index (χ4v) is 2.08. The van der Waals surface area contributed by atoms with E-state index < -0.39 is 36.6 Å². The lowest BCUT2D eigenvalue weighted by atomic mass is 9.90. The van der Waals surface area contributed by atoms with Crippen LogP contribution in [-0.2, 0) is 4.79 Å². The predicted molar refractivity (Wildman–Crippen MR) is 53.5 cm³/mol. The van der Waals surface area contributed by atoms with Gasteiger partial charge in [-0.3, -0.25) is 9.69 Å². The van der Waals surface area contributed by atoms with E-state index in [1.54, 1.807) is 6.92 Å². The lowest BCUT2D eigenvalue weighted by molar-refractivity contribution is -0.273. The number of carboxylic acids is 1. The quantitative estimate of drug-likeness (QED) is 0.796. The molecular formula is C10H16F3NO3. The second-order valence-corrected chi connectivity index (χ2v) is 4.33. The Bertz CT molecular complexity index is 285. The normalized spacial score (nSPS) is 23.4. The van der Waals surface area contributed by atoms with Crippen LogP contribution >= 0.6 is 0 Å². The van der Waals surface area contributed by atoms with Crippen LogP contribution in [-0.4, -0.2) is 52.0 Å². The zero-order valence-corrected chi connectivity index (χ0v) is 9.50. The van der Waals surface area contributed by atoms with Gasteiger partial charge in [0.1, 0.15) is 6.04 Å². The molecule has 1 fully saturated rings. The van der Waals surface area contributed by atoms with Crippen LogP contribution in [0.2, 0.25) is 0 Å². The SMILES string of the molecule is CCC(C(=O)O)N1CCC(O)(C(F)(F)F)CC1. The van der Waals surface area contributed by atoms with Crippen LogP contribution in [0.25, 0.3) is 0 Å². The van der Waals surface area contributed by atoms with E-state index in [4.69, 9.17) is 5.11 Å². The third kappa shape index (κ3) is 2.90. The van der Waals surface area contributed by atoms with Crippen LogP contribution in [0.3, 0.4) is 0 Å². The Hall–Kier alpha value is -0.820.